The Balaban J connectivity index is 2.43. The maximum Gasteiger partial charge on any atom is 0.263 e. The summed E-state index contributed by atoms with van der Waals surface area (Å²) in [4.78, 5) is 3.55. The number of halogens is 3. The first-order chi connectivity index (χ1) is 9.31. The molecule has 1 heterocycles. The monoisotopic (exact) mass is 351 g/mol. The lowest BCUT2D eigenvalue weighted by Gasteiger charge is -2.11. The molecule has 1 aromatic heterocycles. The number of nitrogens with two attached hydrogens (primary N) is 1. The van der Waals surface area contributed by atoms with Gasteiger partial charge in [0.15, 0.2) is 0 Å². The normalized spacial score (nSPS) is 11.3. The number of anilines is 2. The van der Waals surface area contributed by atoms with Gasteiger partial charge in [0.25, 0.3) is 10.0 Å². The van der Waals surface area contributed by atoms with E-state index in [1.807, 2.05) is 0 Å². The fraction of sp³-hybridized carbons (Fsp3) is 0. The fourth-order valence-electron chi connectivity index (χ4n) is 1.37. The van der Waals surface area contributed by atoms with Gasteiger partial charge < -0.3 is 5.73 Å². The predicted octanol–water partition coefficient (Wildman–Crippen LogP) is 3.42. The van der Waals surface area contributed by atoms with Gasteiger partial charge in [-0.25, -0.2) is 13.4 Å². The summed E-state index contributed by atoms with van der Waals surface area (Å²) < 4.78 is 26.7. The van der Waals surface area contributed by atoms with E-state index in [2.05, 4.69) is 9.71 Å². The fourth-order valence-corrected chi connectivity index (χ4v) is 3.27. The second-order valence-corrected chi connectivity index (χ2v) is 6.64. The summed E-state index contributed by atoms with van der Waals surface area (Å²) in [7, 11) is -3.92. The zero-order valence-corrected chi connectivity index (χ0v) is 12.9. The van der Waals surface area contributed by atoms with Gasteiger partial charge in [0, 0.05) is 6.20 Å². The molecule has 0 amide bonds. The first-order valence-electron chi connectivity index (χ1n) is 5.19. The molecule has 9 heteroatoms. The third-order valence-electron chi connectivity index (χ3n) is 2.35. The highest BCUT2D eigenvalue weighted by atomic mass is 35.5. The lowest BCUT2D eigenvalue weighted by molar-refractivity contribution is 0.601. The predicted molar refractivity (Wildman–Crippen MR) is 80.9 cm³/mol. The smallest absolute Gasteiger partial charge is 0.263 e. The second-order valence-electron chi connectivity index (χ2n) is 3.74. The molecule has 0 spiro atoms. The maximum atomic E-state index is 12.2. The molecule has 0 saturated carbocycles. The molecule has 20 heavy (non-hydrogen) atoms. The zero-order chi connectivity index (χ0) is 14.9. The number of nitrogens with one attached hydrogen (secondary N) is 1. The Labute approximate surface area is 130 Å². The molecule has 0 aliphatic carbocycles. The van der Waals surface area contributed by atoms with Crippen molar-refractivity contribution >= 4 is 56.3 Å². The number of pyridine rings is 1. The first kappa shape index (κ1) is 15.2. The van der Waals surface area contributed by atoms with E-state index in [1.54, 1.807) is 6.07 Å². The number of nitrogens with zero attached hydrogens (tertiary/aromatic N) is 1. The average Bonchev–Trinajstić information content (AvgIpc) is 2.37. The summed E-state index contributed by atoms with van der Waals surface area (Å²) >= 11 is 17.6. The van der Waals surface area contributed by atoms with Crippen LogP contribution in [0.1, 0.15) is 0 Å². The highest BCUT2D eigenvalue weighted by Crippen LogP contribution is 2.32. The van der Waals surface area contributed by atoms with E-state index >= 15 is 0 Å². The number of hydrogen-bond donors (Lipinski definition) is 2. The molecule has 0 fully saturated rings. The number of nitrogen functional groups attached to an aromatic ring is 1. The van der Waals surface area contributed by atoms with Gasteiger partial charge in [0.1, 0.15) is 10.7 Å². The van der Waals surface area contributed by atoms with Crippen molar-refractivity contribution in [2.24, 2.45) is 0 Å². The molecule has 0 radical (unpaired) electrons. The van der Waals surface area contributed by atoms with Crippen molar-refractivity contribution in [2.75, 3.05) is 10.5 Å². The van der Waals surface area contributed by atoms with Crippen LogP contribution in [-0.2, 0) is 10.0 Å². The van der Waals surface area contributed by atoms with Crippen molar-refractivity contribution in [1.29, 1.82) is 0 Å². The van der Waals surface area contributed by atoms with Crippen molar-refractivity contribution in [3.05, 3.63) is 45.5 Å². The van der Waals surface area contributed by atoms with Crippen molar-refractivity contribution in [2.45, 2.75) is 4.90 Å². The molecule has 106 valence electrons. The minimum absolute atomic E-state index is 0.0399. The van der Waals surface area contributed by atoms with E-state index in [1.165, 1.54) is 18.2 Å². The summed E-state index contributed by atoms with van der Waals surface area (Å²) in [6, 6.07) is 5.82. The van der Waals surface area contributed by atoms with Gasteiger partial charge in [0.2, 0.25) is 0 Å². The van der Waals surface area contributed by atoms with Crippen LogP contribution in [0, 0.1) is 0 Å². The Morgan fingerprint density at radius 1 is 1.10 bits per heavy atom. The largest absolute Gasteiger partial charge is 0.382 e. The minimum Gasteiger partial charge on any atom is -0.382 e. The summed E-state index contributed by atoms with van der Waals surface area (Å²) in [5.41, 5.74) is 5.52. The Morgan fingerprint density at radius 3 is 2.25 bits per heavy atom. The van der Waals surface area contributed by atoms with Gasteiger partial charge in [0.05, 0.1) is 20.8 Å². The van der Waals surface area contributed by atoms with Gasteiger partial charge in [-0.15, -0.1) is 0 Å². The van der Waals surface area contributed by atoms with Crippen LogP contribution in [-0.4, -0.2) is 13.4 Å². The highest BCUT2D eigenvalue weighted by Gasteiger charge is 2.19. The van der Waals surface area contributed by atoms with Crippen molar-refractivity contribution in [1.82, 2.24) is 4.98 Å². The lowest BCUT2D eigenvalue weighted by atomic mass is 10.3. The van der Waals surface area contributed by atoms with Crippen molar-refractivity contribution in [3.63, 3.8) is 0 Å². The van der Waals surface area contributed by atoms with Gasteiger partial charge in [-0.2, -0.15) is 0 Å². The summed E-state index contributed by atoms with van der Waals surface area (Å²) in [6.45, 7) is 0. The van der Waals surface area contributed by atoms with E-state index in [0.29, 0.717) is 0 Å². The van der Waals surface area contributed by atoms with E-state index < -0.39 is 10.0 Å². The SMILES string of the molecule is Nc1ncc(S(=O)(=O)Nc2c(Cl)cccc2Cl)cc1Cl. The number of sulfonamides is 1. The van der Waals surface area contributed by atoms with Crippen LogP contribution in [0.15, 0.2) is 35.4 Å². The lowest BCUT2D eigenvalue weighted by Crippen LogP contribution is -2.14. The second kappa shape index (κ2) is 5.65. The van der Waals surface area contributed by atoms with Crippen LogP contribution in [0.25, 0.3) is 0 Å². The summed E-state index contributed by atoms with van der Waals surface area (Å²) in [5.74, 6) is 0.0430. The van der Waals surface area contributed by atoms with Crippen LogP contribution in [0.3, 0.4) is 0 Å². The summed E-state index contributed by atoms with van der Waals surface area (Å²) in [5, 5.41) is 0.393. The molecule has 0 unspecified atom stereocenters. The van der Waals surface area contributed by atoms with Gasteiger partial charge in [-0.1, -0.05) is 40.9 Å². The first-order valence-corrected chi connectivity index (χ1v) is 7.81. The van der Waals surface area contributed by atoms with Gasteiger partial charge in [-0.05, 0) is 18.2 Å². The van der Waals surface area contributed by atoms with Crippen LogP contribution in [0.5, 0.6) is 0 Å². The molecule has 0 aliphatic heterocycles. The van der Waals surface area contributed by atoms with Crippen LogP contribution >= 0.6 is 34.8 Å². The maximum absolute atomic E-state index is 12.2. The third kappa shape index (κ3) is 3.09. The molecule has 5 nitrogen and oxygen atoms in total. The van der Waals surface area contributed by atoms with Crippen molar-refractivity contribution < 1.29 is 8.42 Å². The number of aromatic nitrogens is 1. The van der Waals surface area contributed by atoms with Crippen LogP contribution in [0.4, 0.5) is 11.5 Å². The molecule has 0 saturated heterocycles. The molecule has 0 bridgehead atoms. The van der Waals surface area contributed by atoms with Gasteiger partial charge >= 0.3 is 0 Å². The number of hydrogen-bond acceptors (Lipinski definition) is 4. The van der Waals surface area contributed by atoms with Crippen molar-refractivity contribution in [3.8, 4) is 0 Å². The topological polar surface area (TPSA) is 85.1 Å². The molecule has 3 N–H and O–H groups in total. The highest BCUT2D eigenvalue weighted by molar-refractivity contribution is 7.92. The summed E-state index contributed by atoms with van der Waals surface area (Å²) in [6.07, 6.45) is 1.09. The Hall–Kier alpha value is -1.21. The molecule has 1 aromatic carbocycles. The average molecular weight is 353 g/mol. The molecule has 0 aliphatic rings. The number of rotatable bonds is 3. The van der Waals surface area contributed by atoms with Crippen LogP contribution < -0.4 is 10.5 Å². The molecule has 2 aromatic rings. The third-order valence-corrected chi connectivity index (χ3v) is 4.60. The number of benzene rings is 1. The standard InChI is InChI=1S/C11H8Cl3N3O2S/c12-7-2-1-3-8(13)10(7)17-20(18,19)6-4-9(14)11(15)16-5-6/h1-5,17H,(H2,15,16). The number of para-hydroxylation sites is 1. The van der Waals surface area contributed by atoms with Gasteiger partial charge in [-0.3, -0.25) is 4.72 Å². The quantitative estimate of drug-likeness (QED) is 0.886. The molecule has 2 rings (SSSR count). The Bertz CT molecular complexity index is 745. The Kier molecular flexibility index (Phi) is 4.29. The minimum atomic E-state index is -3.92. The molecule has 0 atom stereocenters. The Morgan fingerprint density at radius 2 is 1.70 bits per heavy atom. The van der Waals surface area contributed by atoms with E-state index in [4.69, 9.17) is 40.5 Å². The van der Waals surface area contributed by atoms with E-state index in [0.717, 1.165) is 6.20 Å². The zero-order valence-electron chi connectivity index (χ0n) is 9.77. The molecular formula is C11H8Cl3N3O2S. The van der Waals surface area contributed by atoms with Crippen LogP contribution in [0.2, 0.25) is 15.1 Å². The molecular weight excluding hydrogens is 345 g/mol. The van der Waals surface area contributed by atoms with E-state index in [9.17, 15) is 8.42 Å². The van der Waals surface area contributed by atoms with E-state index in [-0.39, 0.29) is 31.5 Å².